The summed E-state index contributed by atoms with van der Waals surface area (Å²) in [5.41, 5.74) is 0. The third-order valence-electron chi connectivity index (χ3n) is 4.98. The largest absolute Gasteiger partial charge is 0.407 e. The first-order valence-electron chi connectivity index (χ1n) is 7.76. The van der Waals surface area contributed by atoms with Gasteiger partial charge in [0.25, 0.3) is 0 Å². The molecule has 2 atom stereocenters. The lowest BCUT2D eigenvalue weighted by Gasteiger charge is -2.42. The molecule has 4 heteroatoms. The number of aliphatic hydroxyl groups excluding tert-OH is 1. The second-order valence-electron chi connectivity index (χ2n) is 7.63. The average molecular weight is 410 g/mol. The lowest BCUT2D eigenvalue weighted by Crippen LogP contribution is -2.48. The molecule has 20 heavy (non-hydrogen) atoms. The molecule has 1 fully saturated rings. The van der Waals surface area contributed by atoms with Gasteiger partial charge in [-0.2, -0.15) is 0 Å². The van der Waals surface area contributed by atoms with Crippen molar-refractivity contribution in [3.8, 4) is 0 Å². The lowest BCUT2D eigenvalue weighted by molar-refractivity contribution is 0.00135. The first-order chi connectivity index (χ1) is 9.06. The van der Waals surface area contributed by atoms with Crippen LogP contribution < -0.4 is 0 Å². The van der Waals surface area contributed by atoms with E-state index in [4.69, 9.17) is 4.43 Å². The molecule has 2 nitrogen and oxygen atoms in total. The molecule has 0 amide bonds. The molecule has 0 aromatic heterocycles. The van der Waals surface area contributed by atoms with Gasteiger partial charge in [0.2, 0.25) is 0 Å². The maximum absolute atomic E-state index is 10.8. The molecule has 0 heterocycles. The van der Waals surface area contributed by atoms with Crippen LogP contribution in [0.2, 0.25) is 18.1 Å². The van der Waals surface area contributed by atoms with Crippen LogP contribution in [-0.4, -0.2) is 25.6 Å². The van der Waals surface area contributed by atoms with E-state index in [1.807, 2.05) is 0 Å². The van der Waals surface area contributed by atoms with E-state index in [2.05, 4.69) is 63.0 Å². The van der Waals surface area contributed by atoms with E-state index < -0.39 is 14.4 Å². The molecule has 0 saturated heterocycles. The molecule has 1 N–H and O–H groups in total. The monoisotopic (exact) mass is 410 g/mol. The molecule has 1 saturated carbocycles. The summed E-state index contributed by atoms with van der Waals surface area (Å²) in [7, 11) is -1.88. The van der Waals surface area contributed by atoms with Gasteiger partial charge in [0, 0.05) is 3.58 Å². The van der Waals surface area contributed by atoms with E-state index in [9.17, 15) is 5.11 Å². The summed E-state index contributed by atoms with van der Waals surface area (Å²) >= 11 is 2.23. The van der Waals surface area contributed by atoms with Crippen molar-refractivity contribution in [2.45, 2.75) is 83.2 Å². The summed E-state index contributed by atoms with van der Waals surface area (Å²) in [6.45, 7) is 15.3. The number of hydrogen-bond donors (Lipinski definition) is 1. The smallest absolute Gasteiger partial charge is 0.193 e. The van der Waals surface area contributed by atoms with E-state index in [1.165, 1.54) is 19.3 Å². The molecule has 0 bridgehead atoms. The number of hydrogen-bond acceptors (Lipinski definition) is 2. The van der Waals surface area contributed by atoms with Crippen LogP contribution in [0.25, 0.3) is 0 Å². The Hall–Kier alpha value is 0.607. The fourth-order valence-corrected chi connectivity index (χ4v) is 4.54. The summed E-state index contributed by atoms with van der Waals surface area (Å²) < 4.78 is 7.40. The molecule has 0 spiro atoms. The molecule has 1 aliphatic rings. The van der Waals surface area contributed by atoms with Crippen molar-refractivity contribution < 1.29 is 9.53 Å². The van der Waals surface area contributed by atoms with Gasteiger partial charge in [-0.3, -0.25) is 0 Å². The molecule has 0 unspecified atom stereocenters. The van der Waals surface area contributed by atoms with Crippen LogP contribution in [0.15, 0.2) is 10.2 Å². The van der Waals surface area contributed by atoms with E-state index >= 15 is 0 Å². The second kappa shape index (κ2) is 7.25. The van der Waals surface area contributed by atoms with E-state index in [1.54, 1.807) is 0 Å². The average Bonchev–Trinajstić information content (AvgIpc) is 2.34. The Labute approximate surface area is 139 Å². The molecule has 118 valence electrons. The standard InChI is InChI=1S/C16H31IO2Si/c1-12(17)15(19-20(5,6)16(2,3)4)14(18)13-10-8-7-9-11-13/h13-15,18H,1,7-11H2,2-6H3/t14-,15-/m0/s1. The SMILES string of the molecule is C=C(I)[C@H](O[Si](C)(C)C(C)(C)C)[C@@H](O)C1CCCCC1. The molecular formula is C16H31IO2Si. The van der Waals surface area contributed by atoms with Crippen molar-refractivity contribution in [1.82, 2.24) is 0 Å². The van der Waals surface area contributed by atoms with Gasteiger partial charge in [-0.25, -0.2) is 0 Å². The van der Waals surface area contributed by atoms with Gasteiger partial charge < -0.3 is 9.53 Å². The summed E-state index contributed by atoms with van der Waals surface area (Å²) in [6, 6.07) is 0. The van der Waals surface area contributed by atoms with Crippen LogP contribution >= 0.6 is 22.6 Å². The van der Waals surface area contributed by atoms with Crippen molar-refractivity contribution in [3.63, 3.8) is 0 Å². The quantitative estimate of drug-likeness (QED) is 0.495. The van der Waals surface area contributed by atoms with Crippen LogP contribution in [-0.2, 0) is 4.43 Å². The van der Waals surface area contributed by atoms with Gasteiger partial charge in [0.1, 0.15) is 6.10 Å². The fraction of sp³-hybridized carbons (Fsp3) is 0.875. The van der Waals surface area contributed by atoms with Gasteiger partial charge in [0.15, 0.2) is 8.32 Å². The van der Waals surface area contributed by atoms with Crippen molar-refractivity contribution in [2.24, 2.45) is 5.92 Å². The summed E-state index contributed by atoms with van der Waals surface area (Å²) in [5, 5.41) is 10.9. The lowest BCUT2D eigenvalue weighted by atomic mass is 9.83. The third kappa shape index (κ3) is 4.82. The zero-order valence-electron chi connectivity index (χ0n) is 13.7. The first kappa shape index (κ1) is 18.7. The Balaban J connectivity index is 2.81. The van der Waals surface area contributed by atoms with Gasteiger partial charge in [-0.15, -0.1) is 0 Å². The van der Waals surface area contributed by atoms with Gasteiger partial charge in [0.05, 0.1) is 6.10 Å². The third-order valence-corrected chi connectivity index (χ3v) is 10.0. The number of aliphatic hydroxyl groups is 1. The first-order valence-corrected chi connectivity index (χ1v) is 11.7. The maximum atomic E-state index is 10.8. The van der Waals surface area contributed by atoms with Crippen molar-refractivity contribution in [1.29, 1.82) is 0 Å². The highest BCUT2D eigenvalue weighted by atomic mass is 127. The normalized spacial score (nSPS) is 21.6. The summed E-state index contributed by atoms with van der Waals surface area (Å²) in [4.78, 5) is 0. The zero-order chi connectivity index (χ0) is 15.6. The van der Waals surface area contributed by atoms with Crippen LogP contribution in [0.1, 0.15) is 52.9 Å². The summed E-state index contributed by atoms with van der Waals surface area (Å²) in [6.07, 6.45) is 5.44. The van der Waals surface area contributed by atoms with Crippen LogP contribution in [0.4, 0.5) is 0 Å². The highest BCUT2D eigenvalue weighted by Crippen LogP contribution is 2.40. The molecule has 0 aliphatic heterocycles. The Kier molecular flexibility index (Phi) is 6.76. The Morgan fingerprint density at radius 2 is 1.75 bits per heavy atom. The van der Waals surface area contributed by atoms with Crippen molar-refractivity contribution in [2.75, 3.05) is 0 Å². The molecule has 0 radical (unpaired) electrons. The van der Waals surface area contributed by atoms with Crippen LogP contribution in [0.3, 0.4) is 0 Å². The highest BCUT2D eigenvalue weighted by molar-refractivity contribution is 14.1. The van der Waals surface area contributed by atoms with Gasteiger partial charge in [-0.1, -0.05) is 46.6 Å². The Morgan fingerprint density at radius 1 is 1.25 bits per heavy atom. The van der Waals surface area contributed by atoms with Crippen molar-refractivity contribution in [3.05, 3.63) is 10.2 Å². The molecule has 1 rings (SSSR count). The molecule has 1 aliphatic carbocycles. The second-order valence-corrected chi connectivity index (χ2v) is 13.8. The number of rotatable bonds is 5. The minimum Gasteiger partial charge on any atom is -0.407 e. The van der Waals surface area contributed by atoms with E-state index in [-0.39, 0.29) is 11.1 Å². The Bertz CT molecular complexity index is 330. The molecule has 0 aromatic rings. The van der Waals surface area contributed by atoms with Crippen LogP contribution in [0, 0.1) is 5.92 Å². The number of halogens is 1. The topological polar surface area (TPSA) is 29.5 Å². The molecular weight excluding hydrogens is 379 g/mol. The van der Waals surface area contributed by atoms with Crippen LogP contribution in [0.5, 0.6) is 0 Å². The van der Waals surface area contributed by atoms with Crippen molar-refractivity contribution >= 4 is 30.9 Å². The molecule has 0 aromatic carbocycles. The van der Waals surface area contributed by atoms with E-state index in [0.717, 1.165) is 16.4 Å². The zero-order valence-corrected chi connectivity index (χ0v) is 16.9. The fourth-order valence-electron chi connectivity index (χ4n) is 2.54. The minimum absolute atomic E-state index is 0.156. The van der Waals surface area contributed by atoms with Gasteiger partial charge >= 0.3 is 0 Å². The predicted octanol–water partition coefficient (Wildman–Crippen LogP) is 5.27. The maximum Gasteiger partial charge on any atom is 0.193 e. The van der Waals surface area contributed by atoms with E-state index in [0.29, 0.717) is 5.92 Å². The highest BCUT2D eigenvalue weighted by Gasteiger charge is 2.42. The summed E-state index contributed by atoms with van der Waals surface area (Å²) in [5.74, 6) is 0.380. The minimum atomic E-state index is -1.88. The van der Waals surface area contributed by atoms with Gasteiger partial charge in [-0.05, 0) is 59.5 Å². The Morgan fingerprint density at radius 3 is 2.15 bits per heavy atom. The predicted molar refractivity (Wildman–Crippen MR) is 97.8 cm³/mol.